The SMILES string of the molecule is CN(C(=O)c1ccc(F)c(S)c1)C1CC1. The molecule has 0 aliphatic heterocycles. The van der Waals surface area contributed by atoms with Crippen LogP contribution in [0.5, 0.6) is 0 Å². The van der Waals surface area contributed by atoms with Crippen LogP contribution < -0.4 is 0 Å². The Kier molecular flexibility index (Phi) is 2.69. The van der Waals surface area contributed by atoms with E-state index in [1.165, 1.54) is 18.2 Å². The maximum atomic E-state index is 12.9. The smallest absolute Gasteiger partial charge is 0.253 e. The van der Waals surface area contributed by atoms with Crippen molar-refractivity contribution in [1.82, 2.24) is 4.90 Å². The highest BCUT2D eigenvalue weighted by Crippen LogP contribution is 2.27. The van der Waals surface area contributed by atoms with Gasteiger partial charge in [-0.15, -0.1) is 12.6 Å². The van der Waals surface area contributed by atoms with Gasteiger partial charge in [-0.05, 0) is 31.0 Å². The summed E-state index contributed by atoms with van der Waals surface area (Å²) in [6.45, 7) is 0. The number of rotatable bonds is 2. The van der Waals surface area contributed by atoms with Crippen LogP contribution in [0.1, 0.15) is 23.2 Å². The quantitative estimate of drug-likeness (QED) is 0.766. The average Bonchev–Trinajstić information content (AvgIpc) is 3.03. The Morgan fingerprint density at radius 1 is 1.53 bits per heavy atom. The molecule has 2 rings (SSSR count). The molecule has 0 spiro atoms. The first-order valence-corrected chi connectivity index (χ1v) is 5.30. The molecule has 0 bridgehead atoms. The zero-order valence-electron chi connectivity index (χ0n) is 8.40. The van der Waals surface area contributed by atoms with E-state index in [0.717, 1.165) is 12.8 Å². The fourth-order valence-corrected chi connectivity index (χ4v) is 1.69. The maximum absolute atomic E-state index is 12.9. The highest BCUT2D eigenvalue weighted by molar-refractivity contribution is 7.80. The van der Waals surface area contributed by atoms with Gasteiger partial charge in [0.05, 0.1) is 0 Å². The second-order valence-corrected chi connectivity index (χ2v) is 4.30. The molecule has 4 heteroatoms. The highest BCUT2D eigenvalue weighted by atomic mass is 32.1. The number of hydrogen-bond acceptors (Lipinski definition) is 2. The largest absolute Gasteiger partial charge is 0.339 e. The summed E-state index contributed by atoms with van der Waals surface area (Å²) in [4.78, 5) is 13.8. The Bertz CT molecular complexity index is 404. The lowest BCUT2D eigenvalue weighted by Crippen LogP contribution is -2.28. The van der Waals surface area contributed by atoms with Gasteiger partial charge in [0.15, 0.2) is 0 Å². The summed E-state index contributed by atoms with van der Waals surface area (Å²) in [7, 11) is 1.78. The lowest BCUT2D eigenvalue weighted by atomic mass is 10.2. The summed E-state index contributed by atoms with van der Waals surface area (Å²) in [5.74, 6) is -0.461. The monoisotopic (exact) mass is 225 g/mol. The number of hydrogen-bond donors (Lipinski definition) is 1. The predicted molar refractivity (Wildman–Crippen MR) is 58.8 cm³/mol. The van der Waals surface area contributed by atoms with Gasteiger partial charge in [0.25, 0.3) is 5.91 Å². The molecule has 0 unspecified atom stereocenters. The minimum Gasteiger partial charge on any atom is -0.339 e. The molecule has 2 nitrogen and oxygen atoms in total. The van der Waals surface area contributed by atoms with E-state index in [1.807, 2.05) is 0 Å². The molecule has 0 atom stereocenters. The molecule has 0 N–H and O–H groups in total. The van der Waals surface area contributed by atoms with Crippen molar-refractivity contribution in [2.24, 2.45) is 0 Å². The zero-order valence-corrected chi connectivity index (χ0v) is 9.30. The van der Waals surface area contributed by atoms with E-state index in [9.17, 15) is 9.18 Å². The molecule has 1 fully saturated rings. The molecule has 15 heavy (non-hydrogen) atoms. The van der Waals surface area contributed by atoms with Crippen LogP contribution in [0, 0.1) is 5.82 Å². The van der Waals surface area contributed by atoms with Crippen LogP contribution in [0.25, 0.3) is 0 Å². The number of nitrogens with zero attached hydrogens (tertiary/aromatic N) is 1. The lowest BCUT2D eigenvalue weighted by molar-refractivity contribution is 0.0785. The summed E-state index contributed by atoms with van der Waals surface area (Å²) in [6, 6.07) is 4.61. The number of thiol groups is 1. The van der Waals surface area contributed by atoms with E-state index in [-0.39, 0.29) is 10.8 Å². The van der Waals surface area contributed by atoms with Crippen LogP contribution in [0.15, 0.2) is 23.1 Å². The zero-order chi connectivity index (χ0) is 11.0. The van der Waals surface area contributed by atoms with Crippen molar-refractivity contribution in [2.75, 3.05) is 7.05 Å². The Hall–Kier alpha value is -1.03. The van der Waals surface area contributed by atoms with Gasteiger partial charge in [0.1, 0.15) is 5.82 Å². The molecule has 1 aromatic carbocycles. The molecule has 80 valence electrons. The molecule has 0 radical (unpaired) electrons. The number of amides is 1. The number of carbonyl (C=O) groups excluding carboxylic acids is 1. The minimum absolute atomic E-state index is 0.0622. The third-order valence-electron chi connectivity index (χ3n) is 2.61. The minimum atomic E-state index is -0.399. The Balaban J connectivity index is 2.21. The molecule has 1 saturated carbocycles. The Morgan fingerprint density at radius 3 is 2.73 bits per heavy atom. The molecule has 1 aliphatic rings. The van der Waals surface area contributed by atoms with E-state index in [4.69, 9.17) is 0 Å². The summed E-state index contributed by atoms with van der Waals surface area (Å²) < 4.78 is 12.9. The summed E-state index contributed by atoms with van der Waals surface area (Å²) in [6.07, 6.45) is 2.13. The van der Waals surface area contributed by atoms with Crippen molar-refractivity contribution in [1.29, 1.82) is 0 Å². The van der Waals surface area contributed by atoms with Crippen LogP contribution in [0.3, 0.4) is 0 Å². The maximum Gasteiger partial charge on any atom is 0.253 e. The van der Waals surface area contributed by atoms with E-state index in [2.05, 4.69) is 12.6 Å². The fourth-order valence-electron chi connectivity index (χ4n) is 1.48. The average molecular weight is 225 g/mol. The first-order chi connectivity index (χ1) is 7.09. The molecule has 1 aliphatic carbocycles. The van der Waals surface area contributed by atoms with Gasteiger partial charge in [0.2, 0.25) is 0 Å². The predicted octanol–water partition coefficient (Wildman–Crippen LogP) is 2.35. The van der Waals surface area contributed by atoms with Crippen molar-refractivity contribution in [3.8, 4) is 0 Å². The summed E-state index contributed by atoms with van der Waals surface area (Å²) in [5, 5.41) is 0. The van der Waals surface area contributed by atoms with Gasteiger partial charge in [-0.2, -0.15) is 0 Å². The first kappa shape index (κ1) is 10.5. The van der Waals surface area contributed by atoms with Crippen LogP contribution in [-0.2, 0) is 0 Å². The van der Waals surface area contributed by atoms with E-state index in [0.29, 0.717) is 11.6 Å². The van der Waals surface area contributed by atoms with Crippen molar-refractivity contribution in [2.45, 2.75) is 23.8 Å². The van der Waals surface area contributed by atoms with E-state index in [1.54, 1.807) is 11.9 Å². The van der Waals surface area contributed by atoms with Crippen LogP contribution >= 0.6 is 12.6 Å². The van der Waals surface area contributed by atoms with Crippen LogP contribution in [0.2, 0.25) is 0 Å². The fraction of sp³-hybridized carbons (Fsp3) is 0.364. The third kappa shape index (κ3) is 2.15. The second kappa shape index (κ2) is 3.85. The molecule has 0 saturated heterocycles. The molecule has 1 amide bonds. The lowest BCUT2D eigenvalue weighted by Gasteiger charge is -2.16. The van der Waals surface area contributed by atoms with Crippen LogP contribution in [0.4, 0.5) is 4.39 Å². The molecule has 0 heterocycles. The summed E-state index contributed by atoms with van der Waals surface area (Å²) >= 11 is 3.95. The molecular formula is C11H12FNOS. The Labute approximate surface area is 93.5 Å². The topological polar surface area (TPSA) is 20.3 Å². The van der Waals surface area contributed by atoms with E-state index < -0.39 is 5.82 Å². The molecular weight excluding hydrogens is 213 g/mol. The van der Waals surface area contributed by atoms with Gasteiger partial charge < -0.3 is 4.90 Å². The molecule has 0 aromatic heterocycles. The first-order valence-electron chi connectivity index (χ1n) is 4.85. The van der Waals surface area contributed by atoms with E-state index >= 15 is 0 Å². The van der Waals surface area contributed by atoms with Crippen molar-refractivity contribution in [3.05, 3.63) is 29.6 Å². The van der Waals surface area contributed by atoms with Gasteiger partial charge >= 0.3 is 0 Å². The number of benzene rings is 1. The van der Waals surface area contributed by atoms with Gasteiger partial charge in [-0.25, -0.2) is 4.39 Å². The van der Waals surface area contributed by atoms with Gasteiger partial charge in [-0.3, -0.25) is 4.79 Å². The van der Waals surface area contributed by atoms with Crippen LogP contribution in [-0.4, -0.2) is 23.9 Å². The Morgan fingerprint density at radius 2 is 2.20 bits per heavy atom. The summed E-state index contributed by atoms with van der Waals surface area (Å²) in [5.41, 5.74) is 0.496. The normalized spacial score (nSPS) is 15.1. The highest BCUT2D eigenvalue weighted by Gasteiger charge is 2.30. The van der Waals surface area contributed by atoms with Crippen molar-refractivity contribution < 1.29 is 9.18 Å². The van der Waals surface area contributed by atoms with Crippen molar-refractivity contribution >= 4 is 18.5 Å². The third-order valence-corrected chi connectivity index (χ3v) is 2.95. The molecule has 1 aromatic rings. The van der Waals surface area contributed by atoms with Crippen molar-refractivity contribution in [3.63, 3.8) is 0 Å². The number of carbonyl (C=O) groups is 1. The number of halogens is 1. The second-order valence-electron chi connectivity index (χ2n) is 3.81. The standard InChI is InChI=1S/C11H12FNOS/c1-13(8-3-4-8)11(14)7-2-5-9(12)10(15)6-7/h2,5-6,8,15H,3-4H2,1H3. The van der Waals surface area contributed by atoms with Gasteiger partial charge in [-0.1, -0.05) is 0 Å². The van der Waals surface area contributed by atoms with Gasteiger partial charge in [0, 0.05) is 23.5 Å².